The van der Waals surface area contributed by atoms with Gasteiger partial charge in [-0.3, -0.25) is 4.79 Å². The quantitative estimate of drug-likeness (QED) is 0.450. The van der Waals surface area contributed by atoms with Crippen LogP contribution < -0.4 is 5.56 Å². The number of pyridine rings is 1. The normalized spacial score (nSPS) is 11.5. The molecule has 0 N–H and O–H groups in total. The highest BCUT2D eigenvalue weighted by atomic mass is 35.5. The Labute approximate surface area is 168 Å². The minimum Gasteiger partial charge on any atom is -0.314 e. The summed E-state index contributed by atoms with van der Waals surface area (Å²) in [6.45, 7) is 0.597. The Morgan fingerprint density at radius 2 is 2.07 bits per heavy atom. The van der Waals surface area contributed by atoms with Gasteiger partial charge in [-0.2, -0.15) is 14.6 Å². The molecule has 0 aliphatic rings. The summed E-state index contributed by atoms with van der Waals surface area (Å²) in [5, 5.41) is 7.42. The molecule has 0 spiro atoms. The first-order valence-electron chi connectivity index (χ1n) is 8.72. The molecular formula is C20H14ClN5OS. The number of nitrogens with zero attached hydrogens (tertiary/aromatic N) is 5. The molecule has 8 heteroatoms. The molecule has 0 radical (unpaired) electrons. The van der Waals surface area contributed by atoms with Crippen LogP contribution in [-0.4, -0.2) is 24.1 Å². The lowest BCUT2D eigenvalue weighted by Crippen LogP contribution is -2.22. The summed E-state index contributed by atoms with van der Waals surface area (Å²) in [7, 11) is 0. The zero-order valence-corrected chi connectivity index (χ0v) is 16.2. The van der Waals surface area contributed by atoms with Gasteiger partial charge >= 0.3 is 0 Å². The monoisotopic (exact) mass is 407 g/mol. The van der Waals surface area contributed by atoms with E-state index >= 15 is 0 Å². The number of fused-ring (bicyclic) bond motifs is 2. The topological polar surface area (TPSA) is 65.1 Å². The molecular weight excluding hydrogens is 394 g/mol. The zero-order valence-electron chi connectivity index (χ0n) is 14.6. The van der Waals surface area contributed by atoms with Crippen LogP contribution in [0.25, 0.3) is 27.9 Å². The first-order chi connectivity index (χ1) is 13.7. The Kier molecular flexibility index (Phi) is 4.18. The van der Waals surface area contributed by atoms with Gasteiger partial charge in [0.15, 0.2) is 0 Å². The molecule has 5 rings (SSSR count). The second-order valence-corrected chi connectivity index (χ2v) is 7.82. The van der Waals surface area contributed by atoms with Gasteiger partial charge in [0, 0.05) is 28.2 Å². The highest BCUT2D eigenvalue weighted by Gasteiger charge is 2.17. The van der Waals surface area contributed by atoms with Crippen molar-refractivity contribution in [2.75, 3.05) is 0 Å². The van der Waals surface area contributed by atoms with E-state index in [-0.39, 0.29) is 5.56 Å². The Balaban J connectivity index is 1.75. The SMILES string of the molecule is O=c1c2c(-c3cccc(Cl)c3)n3ncnc3nc2ccn1CCc1cccs1. The summed E-state index contributed by atoms with van der Waals surface area (Å²) >= 11 is 7.90. The van der Waals surface area contributed by atoms with Crippen LogP contribution in [0.1, 0.15) is 4.88 Å². The third-order valence-corrected chi connectivity index (χ3v) is 5.79. The van der Waals surface area contributed by atoms with Gasteiger partial charge in [0.2, 0.25) is 0 Å². The largest absolute Gasteiger partial charge is 0.314 e. The Morgan fingerprint density at radius 3 is 2.89 bits per heavy atom. The van der Waals surface area contributed by atoms with Crippen molar-refractivity contribution in [1.29, 1.82) is 0 Å². The van der Waals surface area contributed by atoms with E-state index in [1.165, 1.54) is 11.2 Å². The van der Waals surface area contributed by atoms with Gasteiger partial charge in [-0.25, -0.2) is 4.98 Å². The van der Waals surface area contributed by atoms with E-state index in [9.17, 15) is 4.79 Å². The molecule has 0 bridgehead atoms. The molecule has 0 unspecified atom stereocenters. The molecule has 0 atom stereocenters. The van der Waals surface area contributed by atoms with Gasteiger partial charge in [-0.15, -0.1) is 11.3 Å². The van der Waals surface area contributed by atoms with E-state index in [1.807, 2.05) is 35.7 Å². The first-order valence-corrected chi connectivity index (χ1v) is 9.98. The number of benzene rings is 1. The Bertz CT molecular complexity index is 1360. The van der Waals surface area contributed by atoms with Gasteiger partial charge in [0.25, 0.3) is 11.3 Å². The van der Waals surface area contributed by atoms with Gasteiger partial charge in [-0.1, -0.05) is 29.8 Å². The predicted molar refractivity (Wildman–Crippen MR) is 111 cm³/mol. The van der Waals surface area contributed by atoms with Crippen molar-refractivity contribution in [3.8, 4) is 11.3 Å². The first kappa shape index (κ1) is 17.1. The lowest BCUT2D eigenvalue weighted by atomic mass is 10.1. The van der Waals surface area contributed by atoms with Crippen LogP contribution in [0, 0.1) is 0 Å². The standard InChI is InChI=1S/C20H14ClN5OS/c21-14-4-1-3-13(11-14)18-17-16(24-20-22-12-23-26(18)20)7-9-25(19(17)27)8-6-15-5-2-10-28-15/h1-5,7,9-12H,6,8H2. The van der Waals surface area contributed by atoms with Crippen LogP contribution in [0.5, 0.6) is 0 Å². The van der Waals surface area contributed by atoms with Crippen molar-refractivity contribution in [2.24, 2.45) is 0 Å². The molecule has 0 amide bonds. The fourth-order valence-electron chi connectivity index (χ4n) is 3.33. The Hall–Kier alpha value is -3.03. The molecule has 0 saturated carbocycles. The van der Waals surface area contributed by atoms with Crippen molar-refractivity contribution in [1.82, 2.24) is 24.1 Å². The van der Waals surface area contributed by atoms with Crippen molar-refractivity contribution in [3.63, 3.8) is 0 Å². The zero-order chi connectivity index (χ0) is 19.1. The molecule has 6 nitrogen and oxygen atoms in total. The van der Waals surface area contributed by atoms with Crippen molar-refractivity contribution in [2.45, 2.75) is 13.0 Å². The lowest BCUT2D eigenvalue weighted by molar-refractivity contribution is 0.679. The molecule has 0 fully saturated rings. The van der Waals surface area contributed by atoms with Crippen molar-refractivity contribution in [3.05, 3.63) is 80.6 Å². The fourth-order valence-corrected chi connectivity index (χ4v) is 4.22. The molecule has 4 heterocycles. The molecule has 4 aromatic heterocycles. The molecule has 138 valence electrons. The highest BCUT2D eigenvalue weighted by Crippen LogP contribution is 2.27. The van der Waals surface area contributed by atoms with Gasteiger partial charge in [0.05, 0.1) is 16.6 Å². The maximum atomic E-state index is 13.4. The Morgan fingerprint density at radius 1 is 1.14 bits per heavy atom. The van der Waals surface area contributed by atoms with E-state index in [1.54, 1.807) is 32.7 Å². The minimum absolute atomic E-state index is 0.103. The third-order valence-electron chi connectivity index (χ3n) is 4.62. The maximum Gasteiger partial charge on any atom is 0.262 e. The van der Waals surface area contributed by atoms with Crippen LogP contribution in [0.15, 0.2) is 65.2 Å². The van der Waals surface area contributed by atoms with Crippen LogP contribution in [-0.2, 0) is 13.0 Å². The fraction of sp³-hybridized carbons (Fsp3) is 0.100. The van der Waals surface area contributed by atoms with Crippen LogP contribution in [0.3, 0.4) is 0 Å². The molecule has 0 saturated heterocycles. The summed E-state index contributed by atoms with van der Waals surface area (Å²) in [6.07, 6.45) is 4.03. The summed E-state index contributed by atoms with van der Waals surface area (Å²) in [4.78, 5) is 23.3. The average Bonchev–Trinajstić information content (AvgIpc) is 3.37. The maximum absolute atomic E-state index is 13.4. The third kappa shape index (κ3) is 2.89. The predicted octanol–water partition coefficient (Wildman–Crippen LogP) is 4.06. The van der Waals surface area contributed by atoms with Crippen LogP contribution in [0.2, 0.25) is 5.02 Å². The molecule has 0 aliphatic carbocycles. The van der Waals surface area contributed by atoms with E-state index in [0.29, 0.717) is 33.9 Å². The van der Waals surface area contributed by atoms with Crippen molar-refractivity contribution >= 4 is 39.6 Å². The van der Waals surface area contributed by atoms with Gasteiger partial charge in [0.1, 0.15) is 6.33 Å². The van der Waals surface area contributed by atoms with Gasteiger partial charge < -0.3 is 4.57 Å². The molecule has 28 heavy (non-hydrogen) atoms. The summed E-state index contributed by atoms with van der Waals surface area (Å²) in [6, 6.07) is 13.3. The number of thiophene rings is 1. The smallest absolute Gasteiger partial charge is 0.262 e. The number of halogens is 1. The average molecular weight is 408 g/mol. The second-order valence-electron chi connectivity index (χ2n) is 6.35. The number of aryl methyl sites for hydroxylation is 2. The van der Waals surface area contributed by atoms with E-state index in [0.717, 1.165) is 12.0 Å². The molecule has 1 aromatic carbocycles. The number of hydrogen-bond donors (Lipinski definition) is 0. The van der Waals surface area contributed by atoms with Crippen LogP contribution >= 0.6 is 22.9 Å². The summed E-state index contributed by atoms with van der Waals surface area (Å²) in [5.41, 5.74) is 1.93. The van der Waals surface area contributed by atoms with Crippen LogP contribution in [0.4, 0.5) is 0 Å². The summed E-state index contributed by atoms with van der Waals surface area (Å²) in [5.74, 6) is 0.443. The number of aromatic nitrogens is 5. The lowest BCUT2D eigenvalue weighted by Gasteiger charge is -2.11. The van der Waals surface area contributed by atoms with E-state index in [2.05, 4.69) is 21.1 Å². The van der Waals surface area contributed by atoms with E-state index in [4.69, 9.17) is 11.6 Å². The number of hydrogen-bond acceptors (Lipinski definition) is 5. The minimum atomic E-state index is -0.103. The molecule has 0 aliphatic heterocycles. The molecule has 5 aromatic rings. The van der Waals surface area contributed by atoms with E-state index < -0.39 is 0 Å². The highest BCUT2D eigenvalue weighted by molar-refractivity contribution is 7.09. The van der Waals surface area contributed by atoms with Gasteiger partial charge in [-0.05, 0) is 36.1 Å². The summed E-state index contributed by atoms with van der Waals surface area (Å²) < 4.78 is 3.32. The second kappa shape index (κ2) is 6.85. The number of rotatable bonds is 4. The van der Waals surface area contributed by atoms with Crippen molar-refractivity contribution < 1.29 is 0 Å².